The van der Waals surface area contributed by atoms with Gasteiger partial charge in [0.2, 0.25) is 0 Å². The van der Waals surface area contributed by atoms with Gasteiger partial charge in [0.25, 0.3) is 0 Å². The number of nitrogens with zero attached hydrogens (tertiary/aromatic N) is 1. The second-order valence-electron chi connectivity index (χ2n) is 5.48. The standard InChI is InChI=1S/C18H18N2O.ClH/c1-11-7-13(3)18-16(8-11)12(2)9-17(20-18)19-14-5-4-6-15(21)10-14;/h4-10,21H,1-3H3,(H,19,20);1H. The minimum Gasteiger partial charge on any atom is -0.508 e. The lowest BCUT2D eigenvalue weighted by atomic mass is 10.0. The van der Waals surface area contributed by atoms with E-state index in [-0.39, 0.29) is 18.2 Å². The van der Waals surface area contributed by atoms with Crippen LogP contribution in [-0.4, -0.2) is 10.1 Å². The van der Waals surface area contributed by atoms with Gasteiger partial charge < -0.3 is 10.4 Å². The van der Waals surface area contributed by atoms with Crippen molar-refractivity contribution in [2.75, 3.05) is 5.32 Å². The van der Waals surface area contributed by atoms with Gasteiger partial charge in [0, 0.05) is 17.1 Å². The number of pyridine rings is 1. The lowest BCUT2D eigenvalue weighted by Gasteiger charge is -2.11. The fraction of sp³-hybridized carbons (Fsp3) is 0.167. The molecular formula is C18H19ClN2O. The number of aromatic nitrogens is 1. The highest BCUT2D eigenvalue weighted by molar-refractivity contribution is 5.87. The van der Waals surface area contributed by atoms with E-state index < -0.39 is 0 Å². The Morgan fingerprint density at radius 2 is 1.73 bits per heavy atom. The molecule has 3 aromatic rings. The first-order valence-electron chi connectivity index (χ1n) is 6.97. The molecule has 0 saturated carbocycles. The third kappa shape index (κ3) is 3.15. The molecule has 3 rings (SSSR count). The van der Waals surface area contributed by atoms with Crippen LogP contribution in [0.25, 0.3) is 10.9 Å². The van der Waals surface area contributed by atoms with Crippen molar-refractivity contribution in [2.24, 2.45) is 0 Å². The summed E-state index contributed by atoms with van der Waals surface area (Å²) in [5.74, 6) is 1.03. The Kier molecular flexibility index (Phi) is 4.57. The third-order valence-electron chi connectivity index (χ3n) is 3.57. The first kappa shape index (κ1) is 16.1. The molecule has 2 N–H and O–H groups in total. The summed E-state index contributed by atoms with van der Waals surface area (Å²) >= 11 is 0. The first-order chi connectivity index (χ1) is 10.0. The van der Waals surface area contributed by atoms with E-state index in [2.05, 4.69) is 38.2 Å². The maximum atomic E-state index is 9.53. The molecule has 0 aliphatic rings. The van der Waals surface area contributed by atoms with Crippen molar-refractivity contribution in [2.45, 2.75) is 20.8 Å². The Labute approximate surface area is 136 Å². The van der Waals surface area contributed by atoms with Gasteiger partial charge in [-0.1, -0.05) is 17.7 Å². The van der Waals surface area contributed by atoms with Crippen LogP contribution in [0.4, 0.5) is 11.5 Å². The molecule has 0 bridgehead atoms. The highest BCUT2D eigenvalue weighted by Gasteiger charge is 2.06. The van der Waals surface area contributed by atoms with E-state index in [1.807, 2.05) is 12.1 Å². The molecule has 0 atom stereocenters. The van der Waals surface area contributed by atoms with E-state index in [4.69, 9.17) is 4.98 Å². The fourth-order valence-electron chi connectivity index (χ4n) is 2.64. The molecule has 0 amide bonds. The highest BCUT2D eigenvalue weighted by atomic mass is 35.5. The summed E-state index contributed by atoms with van der Waals surface area (Å²) in [7, 11) is 0. The molecule has 0 unspecified atom stereocenters. The zero-order valence-corrected chi connectivity index (χ0v) is 13.7. The zero-order chi connectivity index (χ0) is 15.0. The smallest absolute Gasteiger partial charge is 0.131 e. The average Bonchev–Trinajstić information content (AvgIpc) is 2.40. The number of phenols is 1. The molecule has 3 nitrogen and oxygen atoms in total. The van der Waals surface area contributed by atoms with Crippen LogP contribution in [0.15, 0.2) is 42.5 Å². The summed E-state index contributed by atoms with van der Waals surface area (Å²) < 4.78 is 0. The number of aromatic hydroxyl groups is 1. The predicted molar refractivity (Wildman–Crippen MR) is 94.6 cm³/mol. The molecule has 1 heterocycles. The van der Waals surface area contributed by atoms with Crippen molar-refractivity contribution in [1.82, 2.24) is 4.98 Å². The number of aryl methyl sites for hydroxylation is 3. The van der Waals surface area contributed by atoms with Gasteiger partial charge in [-0.2, -0.15) is 0 Å². The van der Waals surface area contributed by atoms with E-state index in [1.165, 1.54) is 22.1 Å². The van der Waals surface area contributed by atoms with Crippen molar-refractivity contribution in [1.29, 1.82) is 0 Å². The van der Waals surface area contributed by atoms with Crippen LogP contribution >= 0.6 is 12.4 Å². The van der Waals surface area contributed by atoms with Crippen LogP contribution < -0.4 is 5.32 Å². The van der Waals surface area contributed by atoms with Crippen molar-refractivity contribution < 1.29 is 5.11 Å². The second kappa shape index (κ2) is 6.24. The van der Waals surface area contributed by atoms with E-state index >= 15 is 0 Å². The number of fused-ring (bicyclic) bond motifs is 1. The minimum absolute atomic E-state index is 0. The summed E-state index contributed by atoms with van der Waals surface area (Å²) in [6.07, 6.45) is 0. The van der Waals surface area contributed by atoms with Crippen LogP contribution in [0.5, 0.6) is 5.75 Å². The molecule has 0 aliphatic heterocycles. The van der Waals surface area contributed by atoms with Crippen molar-refractivity contribution in [3.63, 3.8) is 0 Å². The van der Waals surface area contributed by atoms with Crippen LogP contribution in [-0.2, 0) is 0 Å². The van der Waals surface area contributed by atoms with Gasteiger partial charge in [-0.25, -0.2) is 4.98 Å². The average molecular weight is 315 g/mol. The second-order valence-corrected chi connectivity index (χ2v) is 5.48. The largest absolute Gasteiger partial charge is 0.508 e. The topological polar surface area (TPSA) is 45.2 Å². The molecule has 0 spiro atoms. The Balaban J connectivity index is 0.00000176. The summed E-state index contributed by atoms with van der Waals surface area (Å²) in [6.45, 7) is 6.28. The Bertz CT molecular complexity index is 831. The number of halogens is 1. The number of hydrogen-bond donors (Lipinski definition) is 2. The lowest BCUT2D eigenvalue weighted by molar-refractivity contribution is 0.475. The van der Waals surface area contributed by atoms with Gasteiger partial charge >= 0.3 is 0 Å². The number of nitrogens with one attached hydrogen (secondary N) is 1. The van der Waals surface area contributed by atoms with E-state index in [9.17, 15) is 5.11 Å². The molecule has 114 valence electrons. The number of rotatable bonds is 2. The summed E-state index contributed by atoms with van der Waals surface area (Å²) in [4.78, 5) is 4.71. The molecular weight excluding hydrogens is 296 g/mol. The third-order valence-corrected chi connectivity index (χ3v) is 3.57. The normalized spacial score (nSPS) is 10.3. The van der Waals surface area contributed by atoms with Crippen molar-refractivity contribution in [3.05, 3.63) is 59.2 Å². The van der Waals surface area contributed by atoms with Crippen LogP contribution in [0, 0.1) is 20.8 Å². The maximum absolute atomic E-state index is 9.53. The van der Waals surface area contributed by atoms with Gasteiger partial charge in [-0.15, -0.1) is 12.4 Å². The van der Waals surface area contributed by atoms with Gasteiger partial charge in [-0.05, 0) is 56.2 Å². The molecule has 4 heteroatoms. The molecule has 0 radical (unpaired) electrons. The Morgan fingerprint density at radius 1 is 0.955 bits per heavy atom. The molecule has 0 saturated heterocycles. The van der Waals surface area contributed by atoms with E-state index in [0.717, 1.165) is 17.0 Å². The van der Waals surface area contributed by atoms with Crippen molar-refractivity contribution in [3.8, 4) is 5.75 Å². The lowest BCUT2D eigenvalue weighted by Crippen LogP contribution is -1.97. The quantitative estimate of drug-likeness (QED) is 0.697. The molecule has 0 fully saturated rings. The summed E-state index contributed by atoms with van der Waals surface area (Å²) in [6, 6.07) is 13.4. The van der Waals surface area contributed by atoms with Gasteiger partial charge in [0.15, 0.2) is 0 Å². The molecule has 22 heavy (non-hydrogen) atoms. The first-order valence-corrected chi connectivity index (χ1v) is 6.97. The van der Waals surface area contributed by atoms with Gasteiger partial charge in [0.05, 0.1) is 5.52 Å². The number of phenolic OH excluding ortho intramolecular Hbond substituents is 1. The summed E-state index contributed by atoms with van der Waals surface area (Å²) in [5.41, 5.74) is 5.45. The molecule has 1 aromatic heterocycles. The SMILES string of the molecule is Cc1cc(C)c2nc(Nc3cccc(O)c3)cc(C)c2c1.Cl. The molecule has 0 aliphatic carbocycles. The zero-order valence-electron chi connectivity index (χ0n) is 12.8. The summed E-state index contributed by atoms with van der Waals surface area (Å²) in [5, 5.41) is 14.0. The maximum Gasteiger partial charge on any atom is 0.131 e. The highest BCUT2D eigenvalue weighted by Crippen LogP contribution is 2.26. The van der Waals surface area contributed by atoms with Gasteiger partial charge in [0.1, 0.15) is 11.6 Å². The van der Waals surface area contributed by atoms with Crippen LogP contribution in [0.3, 0.4) is 0 Å². The monoisotopic (exact) mass is 314 g/mol. The van der Waals surface area contributed by atoms with Crippen LogP contribution in [0.2, 0.25) is 0 Å². The van der Waals surface area contributed by atoms with E-state index in [0.29, 0.717) is 0 Å². The molecule has 2 aromatic carbocycles. The predicted octanol–water partition coefficient (Wildman–Crippen LogP) is 5.03. The number of benzene rings is 2. The minimum atomic E-state index is 0. The Hall–Kier alpha value is -2.26. The van der Waals surface area contributed by atoms with E-state index in [1.54, 1.807) is 18.2 Å². The van der Waals surface area contributed by atoms with Crippen molar-refractivity contribution >= 4 is 34.8 Å². The fourth-order valence-corrected chi connectivity index (χ4v) is 2.64. The van der Waals surface area contributed by atoms with Gasteiger partial charge in [-0.3, -0.25) is 0 Å². The van der Waals surface area contributed by atoms with Crippen LogP contribution in [0.1, 0.15) is 16.7 Å². The number of anilines is 2. The Morgan fingerprint density at radius 3 is 2.45 bits per heavy atom. The number of hydrogen-bond acceptors (Lipinski definition) is 3.